The highest BCUT2D eigenvalue weighted by molar-refractivity contribution is 5.93. The number of amides is 1. The summed E-state index contributed by atoms with van der Waals surface area (Å²) in [4.78, 5) is 22.0. The molecule has 7 heteroatoms. The second kappa shape index (κ2) is 10.2. The first-order chi connectivity index (χ1) is 16.0. The molecular weight excluding hydrogens is 414 g/mol. The number of benzene rings is 1. The molecule has 1 amide bonds. The molecular formula is C26H33N5O2. The van der Waals surface area contributed by atoms with Gasteiger partial charge in [0.1, 0.15) is 17.6 Å². The Kier molecular flexibility index (Phi) is 7.14. The lowest BCUT2D eigenvalue weighted by Crippen LogP contribution is -2.49. The Morgan fingerprint density at radius 1 is 1.18 bits per heavy atom. The second-order valence-corrected chi connectivity index (χ2v) is 9.29. The van der Waals surface area contributed by atoms with E-state index in [0.29, 0.717) is 23.9 Å². The summed E-state index contributed by atoms with van der Waals surface area (Å²) < 4.78 is 5.32. The summed E-state index contributed by atoms with van der Waals surface area (Å²) in [5.74, 6) is 1.97. The molecule has 1 N–H and O–H groups in total. The van der Waals surface area contributed by atoms with Gasteiger partial charge in [-0.05, 0) is 54.9 Å². The summed E-state index contributed by atoms with van der Waals surface area (Å²) in [6, 6.07) is 9.89. The Labute approximate surface area is 196 Å². The van der Waals surface area contributed by atoms with Crippen LogP contribution in [0.4, 0.5) is 11.5 Å². The number of piperazine rings is 1. The average Bonchev–Trinajstić information content (AvgIpc) is 3.30. The second-order valence-electron chi connectivity index (χ2n) is 9.29. The summed E-state index contributed by atoms with van der Waals surface area (Å²) in [6.07, 6.45) is 4.07. The molecule has 2 aromatic rings. The molecule has 7 nitrogen and oxygen atoms in total. The van der Waals surface area contributed by atoms with Crippen LogP contribution in [0.1, 0.15) is 42.7 Å². The number of carbonyl (C=O) groups excluding carboxylic acids is 1. The van der Waals surface area contributed by atoms with Crippen molar-refractivity contribution in [2.75, 3.05) is 50.1 Å². The lowest BCUT2D eigenvalue weighted by Gasteiger charge is -2.36. The maximum Gasteiger partial charge on any atom is 0.238 e. The van der Waals surface area contributed by atoms with Crippen molar-refractivity contribution in [3.8, 4) is 11.8 Å². The minimum Gasteiger partial charge on any atom is -0.495 e. The van der Waals surface area contributed by atoms with Crippen LogP contribution < -0.4 is 15.0 Å². The molecule has 1 saturated heterocycles. The predicted molar refractivity (Wildman–Crippen MR) is 130 cm³/mol. The van der Waals surface area contributed by atoms with E-state index >= 15 is 0 Å². The molecule has 1 aromatic heterocycles. The number of ether oxygens (including phenoxy) is 1. The minimum absolute atomic E-state index is 0.0551. The van der Waals surface area contributed by atoms with Crippen LogP contribution >= 0.6 is 0 Å². The van der Waals surface area contributed by atoms with Crippen molar-refractivity contribution >= 4 is 17.4 Å². The van der Waals surface area contributed by atoms with E-state index in [9.17, 15) is 10.1 Å². The SMILES string of the molecule is COc1ccccc1NC(=O)CN1CCN(c2nc(CC(C)C)c3c(c2C#N)CCC3)CC1. The first-order valence-corrected chi connectivity index (χ1v) is 11.8. The van der Waals surface area contributed by atoms with Crippen LogP contribution in [0.3, 0.4) is 0 Å². The van der Waals surface area contributed by atoms with Crippen LogP contribution in [-0.2, 0) is 24.1 Å². The van der Waals surface area contributed by atoms with Crippen LogP contribution in [0, 0.1) is 17.2 Å². The van der Waals surface area contributed by atoms with Crippen molar-refractivity contribution in [2.45, 2.75) is 39.5 Å². The molecule has 2 heterocycles. The molecule has 174 valence electrons. The van der Waals surface area contributed by atoms with Gasteiger partial charge in [-0.1, -0.05) is 26.0 Å². The number of nitrogens with one attached hydrogen (secondary N) is 1. The third-order valence-corrected chi connectivity index (χ3v) is 6.47. The third kappa shape index (κ3) is 5.12. The van der Waals surface area contributed by atoms with E-state index in [0.717, 1.165) is 63.2 Å². The number of hydrogen-bond donors (Lipinski definition) is 1. The van der Waals surface area contributed by atoms with Gasteiger partial charge in [0, 0.05) is 31.9 Å². The topological polar surface area (TPSA) is 81.5 Å². The fourth-order valence-electron chi connectivity index (χ4n) is 4.88. The van der Waals surface area contributed by atoms with Gasteiger partial charge >= 0.3 is 0 Å². The quantitative estimate of drug-likeness (QED) is 0.701. The van der Waals surface area contributed by atoms with Crippen LogP contribution in [-0.4, -0.2) is 55.6 Å². The summed E-state index contributed by atoms with van der Waals surface area (Å²) >= 11 is 0. The third-order valence-electron chi connectivity index (χ3n) is 6.47. The zero-order chi connectivity index (χ0) is 23.4. The molecule has 0 saturated carbocycles. The summed E-state index contributed by atoms with van der Waals surface area (Å²) in [7, 11) is 1.60. The highest BCUT2D eigenvalue weighted by Gasteiger charge is 2.28. The van der Waals surface area contributed by atoms with Crippen molar-refractivity contribution in [3.63, 3.8) is 0 Å². The normalized spacial score (nSPS) is 15.9. The highest BCUT2D eigenvalue weighted by atomic mass is 16.5. The molecule has 1 aromatic carbocycles. The van der Waals surface area contributed by atoms with Crippen molar-refractivity contribution in [2.24, 2.45) is 5.92 Å². The Bertz CT molecular complexity index is 1050. The Hall–Kier alpha value is -3.11. The fraction of sp³-hybridized carbons (Fsp3) is 0.500. The number of carbonyl (C=O) groups is 1. The van der Waals surface area contributed by atoms with Crippen molar-refractivity contribution in [1.29, 1.82) is 5.26 Å². The number of pyridine rings is 1. The maximum absolute atomic E-state index is 12.6. The molecule has 1 fully saturated rings. The Morgan fingerprint density at radius 3 is 2.61 bits per heavy atom. The number of nitriles is 1. The van der Waals surface area contributed by atoms with Gasteiger partial charge in [0.15, 0.2) is 0 Å². The number of rotatable bonds is 7. The fourth-order valence-corrected chi connectivity index (χ4v) is 4.88. The molecule has 0 unspecified atom stereocenters. The number of hydrogen-bond acceptors (Lipinski definition) is 6. The van der Waals surface area contributed by atoms with Crippen molar-refractivity contribution in [1.82, 2.24) is 9.88 Å². The molecule has 0 spiro atoms. The van der Waals surface area contributed by atoms with E-state index in [1.807, 2.05) is 24.3 Å². The van der Waals surface area contributed by atoms with Crippen LogP contribution in [0.5, 0.6) is 5.75 Å². The van der Waals surface area contributed by atoms with E-state index in [1.165, 1.54) is 16.8 Å². The highest BCUT2D eigenvalue weighted by Crippen LogP contribution is 2.34. The van der Waals surface area contributed by atoms with Gasteiger partial charge in [0.05, 0.1) is 24.9 Å². The van der Waals surface area contributed by atoms with Crippen LogP contribution in [0.25, 0.3) is 0 Å². The van der Waals surface area contributed by atoms with Crippen molar-refractivity contribution in [3.05, 3.63) is 46.6 Å². The molecule has 33 heavy (non-hydrogen) atoms. The largest absolute Gasteiger partial charge is 0.495 e. The first-order valence-electron chi connectivity index (χ1n) is 11.8. The van der Waals surface area contributed by atoms with Crippen LogP contribution in [0.2, 0.25) is 0 Å². The standard InChI is InChI=1S/C26H33N5O2/c1-18(2)15-23-20-8-6-7-19(20)21(16-27)26(29-23)31-13-11-30(12-14-31)17-25(32)28-22-9-4-5-10-24(22)33-3/h4-5,9-10,18H,6-8,11-15,17H2,1-3H3,(H,28,32). The lowest BCUT2D eigenvalue weighted by atomic mass is 9.97. The summed E-state index contributed by atoms with van der Waals surface area (Å²) in [5.41, 5.74) is 5.15. The number of fused-ring (bicyclic) bond motifs is 1. The monoisotopic (exact) mass is 447 g/mol. The molecule has 0 bridgehead atoms. The van der Waals surface area contributed by atoms with Crippen LogP contribution in [0.15, 0.2) is 24.3 Å². The molecule has 2 aliphatic rings. The molecule has 1 aliphatic heterocycles. The summed E-state index contributed by atoms with van der Waals surface area (Å²) in [5, 5.41) is 12.9. The average molecular weight is 448 g/mol. The molecule has 4 rings (SSSR count). The predicted octanol–water partition coefficient (Wildman–Crippen LogP) is 3.41. The van der Waals surface area contributed by atoms with Gasteiger partial charge in [-0.3, -0.25) is 9.69 Å². The van der Waals surface area contributed by atoms with E-state index in [-0.39, 0.29) is 5.91 Å². The Balaban J connectivity index is 1.43. The summed E-state index contributed by atoms with van der Waals surface area (Å²) in [6.45, 7) is 7.77. The minimum atomic E-state index is -0.0551. The number of methoxy groups -OCH3 is 1. The number of anilines is 2. The number of aromatic nitrogens is 1. The van der Waals surface area contributed by atoms with E-state index < -0.39 is 0 Å². The number of nitrogens with zero attached hydrogens (tertiary/aromatic N) is 4. The van der Waals surface area contributed by atoms with E-state index in [2.05, 4.69) is 35.0 Å². The molecule has 1 aliphatic carbocycles. The smallest absolute Gasteiger partial charge is 0.238 e. The van der Waals surface area contributed by atoms with Gasteiger partial charge in [-0.25, -0.2) is 4.98 Å². The Morgan fingerprint density at radius 2 is 1.91 bits per heavy atom. The maximum atomic E-state index is 12.6. The van der Waals surface area contributed by atoms with Gasteiger partial charge < -0.3 is 15.0 Å². The molecule has 0 radical (unpaired) electrons. The lowest BCUT2D eigenvalue weighted by molar-refractivity contribution is -0.117. The van der Waals surface area contributed by atoms with E-state index in [4.69, 9.17) is 9.72 Å². The van der Waals surface area contributed by atoms with E-state index in [1.54, 1.807) is 7.11 Å². The van der Waals surface area contributed by atoms with Gasteiger partial charge in [0.2, 0.25) is 5.91 Å². The zero-order valence-electron chi connectivity index (χ0n) is 19.9. The first kappa shape index (κ1) is 23.1. The van der Waals surface area contributed by atoms with Crippen molar-refractivity contribution < 1.29 is 9.53 Å². The zero-order valence-corrected chi connectivity index (χ0v) is 19.9. The van der Waals surface area contributed by atoms with Gasteiger partial charge in [0.25, 0.3) is 0 Å². The van der Waals surface area contributed by atoms with Gasteiger partial charge in [-0.2, -0.15) is 5.26 Å². The molecule has 0 atom stereocenters. The number of para-hydroxylation sites is 2. The van der Waals surface area contributed by atoms with Gasteiger partial charge in [-0.15, -0.1) is 0 Å².